The molecule has 3 nitrogen and oxygen atoms in total. The van der Waals surface area contributed by atoms with Crippen LogP contribution in [0, 0.1) is 5.82 Å². The molecule has 0 spiro atoms. The van der Waals surface area contributed by atoms with Crippen LogP contribution in [0.2, 0.25) is 0 Å². The van der Waals surface area contributed by atoms with Crippen molar-refractivity contribution >= 4 is 6.29 Å². The van der Waals surface area contributed by atoms with E-state index in [1.54, 1.807) is 24.5 Å². The Morgan fingerprint density at radius 2 is 2.00 bits per heavy atom. The van der Waals surface area contributed by atoms with Gasteiger partial charge >= 0.3 is 0 Å². The van der Waals surface area contributed by atoms with E-state index < -0.39 is 5.82 Å². The number of hydrogen-bond acceptors (Lipinski definition) is 3. The highest BCUT2D eigenvalue weighted by molar-refractivity contribution is 5.77. The summed E-state index contributed by atoms with van der Waals surface area (Å²) < 4.78 is 19.1. The Bertz CT molecular complexity index is 596. The van der Waals surface area contributed by atoms with Gasteiger partial charge in [0, 0.05) is 11.8 Å². The highest BCUT2D eigenvalue weighted by Crippen LogP contribution is 2.24. The zero-order valence-corrected chi connectivity index (χ0v) is 10.8. The lowest BCUT2D eigenvalue weighted by Crippen LogP contribution is -2.05. The molecule has 0 saturated carbocycles. The van der Waals surface area contributed by atoms with Gasteiger partial charge in [0.05, 0.1) is 17.9 Å². The highest BCUT2D eigenvalue weighted by Gasteiger charge is 2.06. The summed E-state index contributed by atoms with van der Waals surface area (Å²) in [6.45, 7) is 3.84. The van der Waals surface area contributed by atoms with Gasteiger partial charge < -0.3 is 4.74 Å². The van der Waals surface area contributed by atoms with E-state index in [0.29, 0.717) is 17.6 Å². The fourth-order valence-electron chi connectivity index (χ4n) is 1.72. The fraction of sp³-hybridized carbons (Fsp3) is 0.200. The molecule has 0 atom stereocenters. The summed E-state index contributed by atoms with van der Waals surface area (Å²) >= 11 is 0. The number of pyridine rings is 1. The van der Waals surface area contributed by atoms with Crippen LogP contribution in [0.15, 0.2) is 36.7 Å². The largest absolute Gasteiger partial charge is 0.489 e. The number of carbonyl (C=O) groups excluding carboxylic acids is 1. The molecule has 0 aliphatic carbocycles. The number of ether oxygens (including phenoxy) is 1. The molecule has 0 fully saturated rings. The third-order valence-electron chi connectivity index (χ3n) is 2.55. The minimum absolute atomic E-state index is 0.0474. The van der Waals surface area contributed by atoms with Gasteiger partial charge in [0.15, 0.2) is 6.29 Å². The molecule has 2 aromatic rings. The Kier molecular flexibility index (Phi) is 3.90. The summed E-state index contributed by atoms with van der Waals surface area (Å²) in [6.07, 6.45) is 3.78. The summed E-state index contributed by atoms with van der Waals surface area (Å²) in [5, 5.41) is 0. The second kappa shape index (κ2) is 5.61. The first-order chi connectivity index (χ1) is 9.10. The van der Waals surface area contributed by atoms with Crippen molar-refractivity contribution in [2.75, 3.05) is 0 Å². The molecule has 4 heteroatoms. The van der Waals surface area contributed by atoms with E-state index in [1.165, 1.54) is 12.1 Å². The minimum Gasteiger partial charge on any atom is -0.489 e. The van der Waals surface area contributed by atoms with Gasteiger partial charge in [0.1, 0.15) is 11.6 Å². The lowest BCUT2D eigenvalue weighted by Gasteiger charge is -2.10. The molecule has 0 amide bonds. The summed E-state index contributed by atoms with van der Waals surface area (Å²) in [6, 6.07) is 6.25. The van der Waals surface area contributed by atoms with Crippen LogP contribution in [0.3, 0.4) is 0 Å². The van der Waals surface area contributed by atoms with Crippen LogP contribution in [0.4, 0.5) is 4.39 Å². The first-order valence-electron chi connectivity index (χ1n) is 5.97. The maximum atomic E-state index is 13.6. The zero-order valence-electron chi connectivity index (χ0n) is 10.8. The third-order valence-corrected chi connectivity index (χ3v) is 2.55. The zero-order chi connectivity index (χ0) is 13.8. The lowest BCUT2D eigenvalue weighted by atomic mass is 10.1. The molecule has 1 aromatic carbocycles. The molecule has 0 unspecified atom stereocenters. The molecule has 0 radical (unpaired) electrons. The lowest BCUT2D eigenvalue weighted by molar-refractivity contribution is 0.112. The number of nitrogens with zero attached hydrogens (tertiary/aromatic N) is 1. The van der Waals surface area contributed by atoms with Crippen LogP contribution < -0.4 is 4.74 Å². The van der Waals surface area contributed by atoms with Crippen LogP contribution in [0.1, 0.15) is 24.2 Å². The van der Waals surface area contributed by atoms with E-state index >= 15 is 0 Å². The Balaban J connectivity index is 2.36. The highest BCUT2D eigenvalue weighted by atomic mass is 19.1. The van der Waals surface area contributed by atoms with E-state index in [9.17, 15) is 9.18 Å². The standard InChI is InChI=1S/C15H14FNO2/c1-10(2)19-14-5-13(7-17-8-14)11-3-4-12(9-18)15(16)6-11/h3-10H,1-2H3. The first-order valence-corrected chi connectivity index (χ1v) is 5.97. The molecule has 0 N–H and O–H groups in total. The molecule has 0 aliphatic heterocycles. The number of rotatable bonds is 4. The molecule has 0 aliphatic rings. The van der Waals surface area contributed by atoms with E-state index in [0.717, 1.165) is 5.56 Å². The smallest absolute Gasteiger partial charge is 0.152 e. The van der Waals surface area contributed by atoms with Gasteiger partial charge in [0.25, 0.3) is 0 Å². The van der Waals surface area contributed by atoms with Crippen molar-refractivity contribution in [2.45, 2.75) is 20.0 Å². The van der Waals surface area contributed by atoms with Crippen LogP contribution in [0.25, 0.3) is 11.1 Å². The molecule has 19 heavy (non-hydrogen) atoms. The van der Waals surface area contributed by atoms with Crippen LogP contribution in [-0.4, -0.2) is 17.4 Å². The molecule has 1 heterocycles. The number of halogens is 1. The number of aromatic nitrogens is 1. The number of aldehydes is 1. The number of hydrogen-bond donors (Lipinski definition) is 0. The monoisotopic (exact) mass is 259 g/mol. The number of benzene rings is 1. The SMILES string of the molecule is CC(C)Oc1cncc(-c2ccc(C=O)c(F)c2)c1. The molecule has 0 saturated heterocycles. The average molecular weight is 259 g/mol. The number of carbonyl (C=O) groups is 1. The van der Waals surface area contributed by atoms with Crippen molar-refractivity contribution in [3.63, 3.8) is 0 Å². The Hall–Kier alpha value is -2.23. The molecule has 0 bridgehead atoms. The van der Waals surface area contributed by atoms with Crippen LogP contribution in [-0.2, 0) is 0 Å². The molecule has 2 rings (SSSR count). The topological polar surface area (TPSA) is 39.2 Å². The van der Waals surface area contributed by atoms with E-state index in [2.05, 4.69) is 4.98 Å². The van der Waals surface area contributed by atoms with Crippen molar-refractivity contribution in [2.24, 2.45) is 0 Å². The quantitative estimate of drug-likeness (QED) is 0.789. The second-order valence-corrected chi connectivity index (χ2v) is 4.43. The second-order valence-electron chi connectivity index (χ2n) is 4.43. The predicted molar refractivity (Wildman–Crippen MR) is 70.8 cm³/mol. The van der Waals surface area contributed by atoms with Gasteiger partial charge in [0.2, 0.25) is 0 Å². The van der Waals surface area contributed by atoms with Crippen LogP contribution >= 0.6 is 0 Å². The van der Waals surface area contributed by atoms with E-state index in [4.69, 9.17) is 4.74 Å². The van der Waals surface area contributed by atoms with Gasteiger partial charge in [-0.05, 0) is 37.6 Å². The van der Waals surface area contributed by atoms with Gasteiger partial charge in [-0.1, -0.05) is 6.07 Å². The Labute approximate surface area is 111 Å². The summed E-state index contributed by atoms with van der Waals surface area (Å²) in [5.41, 5.74) is 1.45. The molecule has 1 aromatic heterocycles. The summed E-state index contributed by atoms with van der Waals surface area (Å²) in [7, 11) is 0. The van der Waals surface area contributed by atoms with Gasteiger partial charge in [-0.25, -0.2) is 4.39 Å². The van der Waals surface area contributed by atoms with Crippen molar-refractivity contribution < 1.29 is 13.9 Å². The molecular weight excluding hydrogens is 245 g/mol. The first kappa shape index (κ1) is 13.2. The third kappa shape index (κ3) is 3.16. The minimum atomic E-state index is -0.539. The summed E-state index contributed by atoms with van der Waals surface area (Å²) in [4.78, 5) is 14.6. The molecular formula is C15H14FNO2. The maximum Gasteiger partial charge on any atom is 0.152 e. The Morgan fingerprint density at radius 3 is 2.63 bits per heavy atom. The summed E-state index contributed by atoms with van der Waals surface area (Å²) in [5.74, 6) is 0.0926. The normalized spacial score (nSPS) is 10.5. The van der Waals surface area contributed by atoms with E-state index in [1.807, 2.05) is 13.8 Å². The average Bonchev–Trinajstić information content (AvgIpc) is 2.38. The van der Waals surface area contributed by atoms with Gasteiger partial charge in [-0.15, -0.1) is 0 Å². The van der Waals surface area contributed by atoms with Crippen LogP contribution in [0.5, 0.6) is 5.75 Å². The van der Waals surface area contributed by atoms with Crippen molar-refractivity contribution in [3.05, 3.63) is 48.0 Å². The Morgan fingerprint density at radius 1 is 1.21 bits per heavy atom. The predicted octanol–water partition coefficient (Wildman–Crippen LogP) is 3.49. The van der Waals surface area contributed by atoms with Crippen molar-refractivity contribution in [3.8, 4) is 16.9 Å². The maximum absolute atomic E-state index is 13.6. The molecule has 98 valence electrons. The van der Waals surface area contributed by atoms with Crippen molar-refractivity contribution in [1.29, 1.82) is 0 Å². The van der Waals surface area contributed by atoms with E-state index in [-0.39, 0.29) is 11.7 Å². The van der Waals surface area contributed by atoms with Gasteiger partial charge in [-0.3, -0.25) is 9.78 Å². The van der Waals surface area contributed by atoms with Gasteiger partial charge in [-0.2, -0.15) is 0 Å². The van der Waals surface area contributed by atoms with Crippen molar-refractivity contribution in [1.82, 2.24) is 4.98 Å². The fourth-order valence-corrected chi connectivity index (χ4v) is 1.72.